The summed E-state index contributed by atoms with van der Waals surface area (Å²) >= 11 is 5.86. The Morgan fingerprint density at radius 2 is 2.17 bits per heavy atom. The van der Waals surface area contributed by atoms with Crippen molar-refractivity contribution in [1.29, 1.82) is 0 Å². The van der Waals surface area contributed by atoms with Crippen molar-refractivity contribution in [1.82, 2.24) is 15.0 Å². The van der Waals surface area contributed by atoms with Crippen LogP contribution in [0.4, 0.5) is 5.95 Å². The number of nitrogens with zero attached hydrogens (tertiary/aromatic N) is 4. The van der Waals surface area contributed by atoms with E-state index in [4.69, 9.17) is 16.3 Å². The van der Waals surface area contributed by atoms with E-state index in [0.717, 1.165) is 19.4 Å². The second kappa shape index (κ2) is 5.67. The first-order chi connectivity index (χ1) is 8.54. The molecule has 1 N–H and O–H groups in total. The van der Waals surface area contributed by atoms with E-state index in [2.05, 4.69) is 15.0 Å². The van der Waals surface area contributed by atoms with Crippen LogP contribution in [0, 0.1) is 0 Å². The normalized spacial score (nSPS) is 20.3. The molecule has 2 heterocycles. The molecule has 1 saturated heterocycles. The molecule has 1 aliphatic rings. The Bertz CT molecular complexity index is 416. The van der Waals surface area contributed by atoms with Crippen molar-refractivity contribution in [2.45, 2.75) is 38.9 Å². The molecule has 7 heteroatoms. The van der Waals surface area contributed by atoms with Crippen molar-refractivity contribution in [3.05, 3.63) is 5.28 Å². The molecule has 0 spiro atoms. The summed E-state index contributed by atoms with van der Waals surface area (Å²) in [5.74, 6) is 0.462. The van der Waals surface area contributed by atoms with Crippen molar-refractivity contribution in [3.8, 4) is 6.01 Å². The summed E-state index contributed by atoms with van der Waals surface area (Å²) in [4.78, 5) is 14.1. The average Bonchev–Trinajstić information content (AvgIpc) is 2.27. The molecule has 18 heavy (non-hydrogen) atoms. The first-order valence-corrected chi connectivity index (χ1v) is 6.43. The van der Waals surface area contributed by atoms with Crippen LogP contribution in [0.5, 0.6) is 6.01 Å². The van der Waals surface area contributed by atoms with E-state index in [1.807, 2.05) is 18.7 Å². The monoisotopic (exact) mass is 272 g/mol. The lowest BCUT2D eigenvalue weighted by Crippen LogP contribution is -2.39. The molecule has 0 saturated carbocycles. The Morgan fingerprint density at radius 1 is 1.39 bits per heavy atom. The largest absolute Gasteiger partial charge is 0.461 e. The van der Waals surface area contributed by atoms with Crippen molar-refractivity contribution < 1.29 is 9.84 Å². The molecule has 1 aliphatic heterocycles. The molecular weight excluding hydrogens is 256 g/mol. The molecular formula is C11H17ClN4O2. The number of piperidine rings is 1. The van der Waals surface area contributed by atoms with Gasteiger partial charge in [0.1, 0.15) is 0 Å². The minimum atomic E-state index is -0.344. The highest BCUT2D eigenvalue weighted by atomic mass is 35.5. The lowest BCUT2D eigenvalue weighted by atomic mass is 10.1. The molecule has 0 radical (unpaired) electrons. The fourth-order valence-corrected chi connectivity index (χ4v) is 2.01. The third-order valence-corrected chi connectivity index (χ3v) is 2.77. The lowest BCUT2D eigenvalue weighted by Gasteiger charge is -2.30. The molecule has 100 valence electrons. The quantitative estimate of drug-likeness (QED) is 0.894. The summed E-state index contributed by atoms with van der Waals surface area (Å²) in [6, 6.07) is 0.222. The molecule has 2 rings (SSSR count). The summed E-state index contributed by atoms with van der Waals surface area (Å²) in [7, 11) is 0. The van der Waals surface area contributed by atoms with Crippen molar-refractivity contribution in [3.63, 3.8) is 0 Å². The van der Waals surface area contributed by atoms with E-state index < -0.39 is 0 Å². The Morgan fingerprint density at radius 3 is 2.83 bits per heavy atom. The summed E-state index contributed by atoms with van der Waals surface area (Å²) in [5.41, 5.74) is 0. The third kappa shape index (κ3) is 3.43. The van der Waals surface area contributed by atoms with Gasteiger partial charge in [-0.05, 0) is 38.3 Å². The van der Waals surface area contributed by atoms with Gasteiger partial charge in [-0.1, -0.05) is 0 Å². The zero-order valence-electron chi connectivity index (χ0n) is 10.5. The van der Waals surface area contributed by atoms with Gasteiger partial charge in [0.15, 0.2) is 0 Å². The van der Waals surface area contributed by atoms with E-state index in [9.17, 15) is 5.11 Å². The Balaban J connectivity index is 2.18. The van der Waals surface area contributed by atoms with Crippen molar-refractivity contribution in [2.75, 3.05) is 18.0 Å². The van der Waals surface area contributed by atoms with Crippen LogP contribution in [0.3, 0.4) is 0 Å². The number of rotatable bonds is 3. The molecule has 1 atom stereocenters. The Hall–Kier alpha value is -1.14. The maximum absolute atomic E-state index is 9.65. The summed E-state index contributed by atoms with van der Waals surface area (Å²) < 4.78 is 5.42. The first kappa shape index (κ1) is 13.3. The number of ether oxygens (including phenoxy) is 1. The summed E-state index contributed by atoms with van der Waals surface area (Å²) in [6.07, 6.45) is 1.35. The second-order valence-electron chi connectivity index (χ2n) is 4.60. The van der Waals surface area contributed by atoms with E-state index in [1.165, 1.54) is 0 Å². The number of aliphatic hydroxyl groups excluding tert-OH is 1. The Kier molecular flexibility index (Phi) is 4.19. The molecule has 6 nitrogen and oxygen atoms in total. The van der Waals surface area contributed by atoms with Crippen LogP contribution in [0.15, 0.2) is 0 Å². The number of anilines is 1. The topological polar surface area (TPSA) is 71.4 Å². The third-order valence-electron chi connectivity index (χ3n) is 2.60. The molecule has 1 aromatic rings. The fourth-order valence-electron chi connectivity index (χ4n) is 1.86. The highest BCUT2D eigenvalue weighted by molar-refractivity contribution is 6.28. The van der Waals surface area contributed by atoms with E-state index in [0.29, 0.717) is 12.5 Å². The minimum Gasteiger partial charge on any atom is -0.461 e. The number of aliphatic hydroxyl groups is 1. The Labute approximate surface area is 111 Å². The number of β-amino-alcohol motifs (C(OH)–C–C–N with tert-alkyl or cyclic N) is 1. The average molecular weight is 273 g/mol. The van der Waals surface area contributed by atoms with Crippen LogP contribution in [-0.2, 0) is 0 Å². The molecule has 0 aliphatic carbocycles. The summed E-state index contributed by atoms with van der Waals surface area (Å²) in [5, 5.41) is 9.75. The maximum atomic E-state index is 9.65. The number of hydrogen-bond acceptors (Lipinski definition) is 6. The van der Waals surface area contributed by atoms with E-state index in [-0.39, 0.29) is 23.5 Å². The molecule has 1 fully saturated rings. The van der Waals surface area contributed by atoms with Crippen LogP contribution >= 0.6 is 11.6 Å². The second-order valence-corrected chi connectivity index (χ2v) is 4.93. The van der Waals surface area contributed by atoms with Gasteiger partial charge in [0.2, 0.25) is 11.2 Å². The van der Waals surface area contributed by atoms with E-state index >= 15 is 0 Å². The van der Waals surface area contributed by atoms with Gasteiger partial charge in [0.05, 0.1) is 12.2 Å². The summed E-state index contributed by atoms with van der Waals surface area (Å²) in [6.45, 7) is 5.10. The zero-order valence-corrected chi connectivity index (χ0v) is 11.3. The van der Waals surface area contributed by atoms with Gasteiger partial charge in [0.25, 0.3) is 0 Å². The van der Waals surface area contributed by atoms with Crippen molar-refractivity contribution in [2.24, 2.45) is 0 Å². The van der Waals surface area contributed by atoms with E-state index in [1.54, 1.807) is 0 Å². The number of hydrogen-bond donors (Lipinski definition) is 1. The zero-order chi connectivity index (χ0) is 13.1. The smallest absolute Gasteiger partial charge is 0.322 e. The molecule has 0 amide bonds. The van der Waals surface area contributed by atoms with Crippen LogP contribution in [-0.4, -0.2) is 45.4 Å². The molecule has 1 aromatic heterocycles. The highest BCUT2D eigenvalue weighted by Gasteiger charge is 2.21. The van der Waals surface area contributed by atoms with Gasteiger partial charge in [-0.3, -0.25) is 0 Å². The fraction of sp³-hybridized carbons (Fsp3) is 0.727. The van der Waals surface area contributed by atoms with Crippen molar-refractivity contribution >= 4 is 17.5 Å². The van der Waals surface area contributed by atoms with Gasteiger partial charge >= 0.3 is 6.01 Å². The first-order valence-electron chi connectivity index (χ1n) is 6.06. The highest BCUT2D eigenvalue weighted by Crippen LogP contribution is 2.20. The standard InChI is InChI=1S/C11H17ClN4O2/c1-7(2)18-11-14-9(12)13-10(15-11)16-5-3-4-8(17)6-16/h7-8,17H,3-6H2,1-2H3. The van der Waals surface area contributed by atoms with Gasteiger partial charge in [0, 0.05) is 13.1 Å². The number of halogens is 1. The minimum absolute atomic E-state index is 0.0248. The molecule has 1 unspecified atom stereocenters. The predicted molar refractivity (Wildman–Crippen MR) is 68.1 cm³/mol. The lowest BCUT2D eigenvalue weighted by molar-refractivity contribution is 0.153. The SMILES string of the molecule is CC(C)Oc1nc(Cl)nc(N2CCCC(O)C2)n1. The number of aromatic nitrogens is 3. The van der Waals surface area contributed by atoms with Crippen LogP contribution < -0.4 is 9.64 Å². The van der Waals surface area contributed by atoms with Crippen LogP contribution in [0.2, 0.25) is 5.28 Å². The van der Waals surface area contributed by atoms with Gasteiger partial charge in [-0.25, -0.2) is 0 Å². The van der Waals surface area contributed by atoms with Gasteiger partial charge < -0.3 is 14.7 Å². The maximum Gasteiger partial charge on any atom is 0.322 e. The molecule has 0 bridgehead atoms. The van der Waals surface area contributed by atoms with Gasteiger partial charge in [-0.2, -0.15) is 15.0 Å². The van der Waals surface area contributed by atoms with Crippen LogP contribution in [0.25, 0.3) is 0 Å². The van der Waals surface area contributed by atoms with Gasteiger partial charge in [-0.15, -0.1) is 0 Å². The predicted octanol–water partition coefficient (Wildman–Crippen LogP) is 1.27. The molecule has 0 aromatic carbocycles. The van der Waals surface area contributed by atoms with Crippen LogP contribution in [0.1, 0.15) is 26.7 Å².